The van der Waals surface area contributed by atoms with Crippen LogP contribution >= 0.6 is 0 Å². The van der Waals surface area contributed by atoms with Crippen molar-refractivity contribution in [2.24, 2.45) is 0 Å². The number of nitrogens with zero attached hydrogens (tertiary/aromatic N) is 2. The summed E-state index contributed by atoms with van der Waals surface area (Å²) in [6, 6.07) is 4.61. The minimum atomic E-state index is -0.306. The van der Waals surface area contributed by atoms with Gasteiger partial charge in [0.05, 0.1) is 0 Å². The minimum absolute atomic E-state index is 0.163. The number of anilines is 1. The van der Waals surface area contributed by atoms with Gasteiger partial charge < -0.3 is 5.11 Å². The topological polar surface area (TPSA) is 90.9 Å². The molecule has 0 saturated carbocycles. The number of carbonyl (C=O) groups excluding carboxylic acids is 1. The van der Waals surface area contributed by atoms with E-state index in [1.807, 2.05) is 0 Å². The van der Waals surface area contributed by atoms with Crippen LogP contribution in [-0.2, 0) is 0 Å². The first-order valence-corrected chi connectivity index (χ1v) is 4.63. The molecular formula is C10H10N4O2. The van der Waals surface area contributed by atoms with E-state index in [4.69, 9.17) is 0 Å². The summed E-state index contributed by atoms with van der Waals surface area (Å²) >= 11 is 0. The van der Waals surface area contributed by atoms with Gasteiger partial charge in [-0.3, -0.25) is 10.1 Å². The molecule has 0 saturated heterocycles. The smallest absolute Gasteiger partial charge is 0.258 e. The number of nitrogens with one attached hydrogen (secondary N) is 2. The van der Waals surface area contributed by atoms with Gasteiger partial charge in [-0.2, -0.15) is 10.1 Å². The summed E-state index contributed by atoms with van der Waals surface area (Å²) in [5, 5.41) is 18.0. The molecule has 0 aliphatic rings. The SMILES string of the molecule is Cc1cc(C(=O)Nc2ncn[nH]2)ccc1O. The highest BCUT2D eigenvalue weighted by Crippen LogP contribution is 2.17. The highest BCUT2D eigenvalue weighted by molar-refractivity contribution is 6.03. The van der Waals surface area contributed by atoms with Gasteiger partial charge in [0.25, 0.3) is 5.91 Å². The maximum Gasteiger partial charge on any atom is 0.258 e. The Kier molecular flexibility index (Phi) is 2.55. The first-order chi connectivity index (χ1) is 7.66. The predicted molar refractivity (Wildman–Crippen MR) is 57.2 cm³/mol. The molecule has 0 aliphatic heterocycles. The number of carbonyl (C=O) groups is 1. The van der Waals surface area contributed by atoms with E-state index < -0.39 is 0 Å². The van der Waals surface area contributed by atoms with Crippen molar-refractivity contribution in [3.63, 3.8) is 0 Å². The molecule has 1 aromatic heterocycles. The van der Waals surface area contributed by atoms with E-state index >= 15 is 0 Å². The van der Waals surface area contributed by atoms with Gasteiger partial charge in [-0.1, -0.05) is 0 Å². The van der Waals surface area contributed by atoms with Crippen molar-refractivity contribution >= 4 is 11.9 Å². The highest BCUT2D eigenvalue weighted by atomic mass is 16.3. The molecule has 0 radical (unpaired) electrons. The second-order valence-electron chi connectivity index (χ2n) is 3.29. The van der Waals surface area contributed by atoms with Crippen LogP contribution < -0.4 is 5.32 Å². The summed E-state index contributed by atoms with van der Waals surface area (Å²) in [4.78, 5) is 15.5. The fourth-order valence-corrected chi connectivity index (χ4v) is 1.24. The number of hydrogen-bond acceptors (Lipinski definition) is 4. The number of hydrogen-bond donors (Lipinski definition) is 3. The molecule has 0 bridgehead atoms. The van der Waals surface area contributed by atoms with Crippen molar-refractivity contribution in [1.82, 2.24) is 15.2 Å². The van der Waals surface area contributed by atoms with Gasteiger partial charge >= 0.3 is 0 Å². The van der Waals surface area contributed by atoms with Gasteiger partial charge in [0, 0.05) is 5.56 Å². The number of H-pyrrole nitrogens is 1. The minimum Gasteiger partial charge on any atom is -0.508 e. The standard InChI is InChI=1S/C10H10N4O2/c1-6-4-7(2-3-8(6)15)9(16)13-10-11-5-12-14-10/h2-5,15H,1H3,(H2,11,12,13,14,16). The third-order valence-electron chi connectivity index (χ3n) is 2.11. The van der Waals surface area contributed by atoms with Gasteiger partial charge in [-0.05, 0) is 30.7 Å². The van der Waals surface area contributed by atoms with E-state index in [1.54, 1.807) is 13.0 Å². The number of amides is 1. The normalized spacial score (nSPS) is 10.1. The van der Waals surface area contributed by atoms with E-state index in [0.717, 1.165) is 0 Å². The maximum atomic E-state index is 11.7. The quantitative estimate of drug-likeness (QED) is 0.703. The highest BCUT2D eigenvalue weighted by Gasteiger charge is 2.08. The Balaban J connectivity index is 2.18. The molecule has 0 atom stereocenters. The van der Waals surface area contributed by atoms with Gasteiger partial charge in [-0.15, -0.1) is 0 Å². The molecule has 0 fully saturated rings. The van der Waals surface area contributed by atoms with Crippen LogP contribution in [0.3, 0.4) is 0 Å². The Labute approximate surface area is 91.3 Å². The monoisotopic (exact) mass is 218 g/mol. The lowest BCUT2D eigenvalue weighted by molar-refractivity contribution is 0.102. The van der Waals surface area contributed by atoms with E-state index in [1.165, 1.54) is 18.5 Å². The summed E-state index contributed by atoms with van der Waals surface area (Å²) in [5.74, 6) is 0.145. The van der Waals surface area contributed by atoms with Crippen molar-refractivity contribution in [3.05, 3.63) is 35.7 Å². The Hall–Kier alpha value is -2.37. The van der Waals surface area contributed by atoms with Crippen molar-refractivity contribution < 1.29 is 9.90 Å². The Bertz CT molecular complexity index is 508. The first-order valence-electron chi connectivity index (χ1n) is 4.63. The first kappa shape index (κ1) is 10.2. The van der Waals surface area contributed by atoms with E-state index in [9.17, 15) is 9.90 Å². The van der Waals surface area contributed by atoms with Gasteiger partial charge in [0.1, 0.15) is 12.1 Å². The predicted octanol–water partition coefficient (Wildman–Crippen LogP) is 1.07. The fraction of sp³-hybridized carbons (Fsp3) is 0.100. The van der Waals surface area contributed by atoms with Crippen LogP contribution in [0.2, 0.25) is 0 Å². The van der Waals surface area contributed by atoms with E-state index in [-0.39, 0.29) is 17.6 Å². The molecular weight excluding hydrogens is 208 g/mol. The number of phenolic OH excluding ortho intramolecular Hbond substituents is 1. The lowest BCUT2D eigenvalue weighted by Crippen LogP contribution is -2.13. The largest absolute Gasteiger partial charge is 0.508 e. The summed E-state index contributed by atoms with van der Waals surface area (Å²) in [6.07, 6.45) is 1.30. The number of aryl methyl sites for hydroxylation is 1. The summed E-state index contributed by atoms with van der Waals surface area (Å²) in [6.45, 7) is 1.72. The molecule has 1 aromatic carbocycles. The molecule has 2 aromatic rings. The average molecular weight is 218 g/mol. The summed E-state index contributed by atoms with van der Waals surface area (Å²) in [7, 11) is 0. The van der Waals surface area contributed by atoms with Gasteiger partial charge in [-0.25, -0.2) is 5.10 Å². The number of phenols is 1. The van der Waals surface area contributed by atoms with Crippen LogP contribution in [-0.4, -0.2) is 26.2 Å². The van der Waals surface area contributed by atoms with Crippen molar-refractivity contribution in [1.29, 1.82) is 0 Å². The maximum absolute atomic E-state index is 11.7. The van der Waals surface area contributed by atoms with Gasteiger partial charge in [0.2, 0.25) is 5.95 Å². The van der Waals surface area contributed by atoms with Crippen LogP contribution in [0.25, 0.3) is 0 Å². The molecule has 0 aliphatic carbocycles. The molecule has 3 N–H and O–H groups in total. The van der Waals surface area contributed by atoms with Crippen LogP contribution in [0.4, 0.5) is 5.95 Å². The second kappa shape index (κ2) is 4.01. The molecule has 6 heteroatoms. The lowest BCUT2D eigenvalue weighted by Gasteiger charge is -2.03. The molecule has 0 spiro atoms. The van der Waals surface area contributed by atoms with Crippen LogP contribution in [0, 0.1) is 6.92 Å². The molecule has 2 rings (SSSR count). The van der Waals surface area contributed by atoms with Crippen LogP contribution in [0.15, 0.2) is 24.5 Å². The zero-order valence-electron chi connectivity index (χ0n) is 8.56. The van der Waals surface area contributed by atoms with E-state index in [0.29, 0.717) is 11.1 Å². The molecule has 0 unspecified atom stereocenters. The number of aromatic hydroxyl groups is 1. The Morgan fingerprint density at radius 3 is 2.94 bits per heavy atom. The van der Waals surface area contributed by atoms with Crippen molar-refractivity contribution in [2.45, 2.75) is 6.92 Å². The molecule has 6 nitrogen and oxygen atoms in total. The Morgan fingerprint density at radius 1 is 1.50 bits per heavy atom. The number of aromatic amines is 1. The van der Waals surface area contributed by atoms with Crippen LogP contribution in [0.5, 0.6) is 5.75 Å². The van der Waals surface area contributed by atoms with Crippen molar-refractivity contribution in [2.75, 3.05) is 5.32 Å². The third-order valence-corrected chi connectivity index (χ3v) is 2.11. The summed E-state index contributed by atoms with van der Waals surface area (Å²) in [5.41, 5.74) is 1.09. The summed E-state index contributed by atoms with van der Waals surface area (Å²) < 4.78 is 0. The molecule has 82 valence electrons. The second-order valence-corrected chi connectivity index (χ2v) is 3.29. The number of rotatable bonds is 2. The molecule has 1 heterocycles. The average Bonchev–Trinajstić information content (AvgIpc) is 2.74. The lowest BCUT2D eigenvalue weighted by atomic mass is 10.1. The van der Waals surface area contributed by atoms with Crippen molar-refractivity contribution in [3.8, 4) is 5.75 Å². The molecule has 16 heavy (non-hydrogen) atoms. The third kappa shape index (κ3) is 2.00. The zero-order valence-corrected chi connectivity index (χ0v) is 8.56. The molecule has 1 amide bonds. The zero-order chi connectivity index (χ0) is 11.5. The number of aromatic nitrogens is 3. The number of benzene rings is 1. The van der Waals surface area contributed by atoms with E-state index in [2.05, 4.69) is 20.5 Å². The van der Waals surface area contributed by atoms with Gasteiger partial charge in [0.15, 0.2) is 0 Å². The van der Waals surface area contributed by atoms with Crippen LogP contribution in [0.1, 0.15) is 15.9 Å². The Morgan fingerprint density at radius 2 is 2.31 bits per heavy atom. The fourth-order valence-electron chi connectivity index (χ4n) is 1.24.